The average Bonchev–Trinajstić information content (AvgIpc) is 2.64. The van der Waals surface area contributed by atoms with Crippen LogP contribution in [0.1, 0.15) is 33.3 Å². The quantitative estimate of drug-likeness (QED) is 0.646. The van der Waals surface area contributed by atoms with Gasteiger partial charge in [-0.3, -0.25) is 4.79 Å². The lowest BCUT2D eigenvalue weighted by Crippen LogP contribution is -2.49. The predicted molar refractivity (Wildman–Crippen MR) is 107 cm³/mol. The number of ether oxygens (including phenoxy) is 1. The summed E-state index contributed by atoms with van der Waals surface area (Å²) in [5.41, 5.74) is 0.661. The summed E-state index contributed by atoms with van der Waals surface area (Å²) < 4.78 is 47.0. The Bertz CT molecular complexity index is 948. The highest BCUT2D eigenvalue weighted by molar-refractivity contribution is 7.89. The van der Waals surface area contributed by atoms with Gasteiger partial charge in [0.15, 0.2) is 0 Å². The van der Waals surface area contributed by atoms with Gasteiger partial charge in [-0.15, -0.1) is 0 Å². The molecule has 158 valence electrons. The van der Waals surface area contributed by atoms with Crippen molar-refractivity contribution in [3.05, 3.63) is 54.0 Å². The van der Waals surface area contributed by atoms with E-state index in [9.17, 15) is 17.6 Å². The first-order valence-electron chi connectivity index (χ1n) is 9.27. The maximum atomic E-state index is 13.9. The van der Waals surface area contributed by atoms with Gasteiger partial charge < -0.3 is 10.1 Å². The van der Waals surface area contributed by atoms with Crippen LogP contribution in [0.2, 0.25) is 0 Å². The summed E-state index contributed by atoms with van der Waals surface area (Å²) in [6.45, 7) is 7.24. The molecule has 0 aliphatic rings. The summed E-state index contributed by atoms with van der Waals surface area (Å²) in [5, 5.41) is 2.70. The number of carbonyl (C=O) groups excluding carboxylic acids is 1. The van der Waals surface area contributed by atoms with Gasteiger partial charge in [0.1, 0.15) is 16.8 Å². The molecule has 0 radical (unpaired) electrons. The van der Waals surface area contributed by atoms with Gasteiger partial charge in [0.05, 0.1) is 6.10 Å². The fraction of sp³-hybridized carbons (Fsp3) is 0.400. The number of rotatable bonds is 9. The zero-order valence-electron chi connectivity index (χ0n) is 16.8. The van der Waals surface area contributed by atoms with E-state index in [1.165, 1.54) is 12.1 Å². The molecule has 2 aromatic rings. The summed E-state index contributed by atoms with van der Waals surface area (Å²) >= 11 is 0. The highest BCUT2D eigenvalue weighted by Crippen LogP contribution is 2.17. The first kappa shape index (κ1) is 22.8. The number of hydrogen-bond donors (Lipinski definition) is 2. The zero-order chi connectivity index (χ0) is 21.6. The van der Waals surface area contributed by atoms with Crippen LogP contribution in [0.5, 0.6) is 5.88 Å². The molecular formula is C20H26FN3O4S. The molecule has 9 heteroatoms. The Morgan fingerprint density at radius 2 is 1.83 bits per heavy atom. The molecule has 1 aromatic heterocycles. The van der Waals surface area contributed by atoms with E-state index in [2.05, 4.69) is 15.0 Å². The fourth-order valence-electron chi connectivity index (χ4n) is 2.57. The fourth-order valence-corrected chi connectivity index (χ4v) is 3.99. The lowest BCUT2D eigenvalue weighted by molar-refractivity contribution is -0.123. The van der Waals surface area contributed by atoms with Crippen molar-refractivity contribution in [3.63, 3.8) is 0 Å². The molecule has 0 fully saturated rings. The lowest BCUT2D eigenvalue weighted by atomic mass is 10.0. The molecular weight excluding hydrogens is 397 g/mol. The number of sulfonamides is 1. The average molecular weight is 424 g/mol. The number of aromatic nitrogens is 1. The van der Waals surface area contributed by atoms with E-state index in [1.807, 2.05) is 13.8 Å². The van der Waals surface area contributed by atoms with Gasteiger partial charge in [0.25, 0.3) is 0 Å². The monoisotopic (exact) mass is 423 g/mol. The minimum absolute atomic E-state index is 0.0876. The van der Waals surface area contributed by atoms with Crippen molar-refractivity contribution >= 4 is 15.9 Å². The van der Waals surface area contributed by atoms with Crippen LogP contribution in [0.25, 0.3) is 0 Å². The van der Waals surface area contributed by atoms with Gasteiger partial charge in [-0.05, 0) is 38.0 Å². The number of halogens is 1. The van der Waals surface area contributed by atoms with Crippen molar-refractivity contribution in [2.45, 2.75) is 51.3 Å². The highest BCUT2D eigenvalue weighted by Gasteiger charge is 2.29. The lowest BCUT2D eigenvalue weighted by Gasteiger charge is -2.22. The van der Waals surface area contributed by atoms with Crippen molar-refractivity contribution in [2.75, 3.05) is 0 Å². The van der Waals surface area contributed by atoms with Crippen LogP contribution >= 0.6 is 0 Å². The molecule has 2 N–H and O–H groups in total. The number of hydrogen-bond acceptors (Lipinski definition) is 5. The van der Waals surface area contributed by atoms with Crippen molar-refractivity contribution in [2.24, 2.45) is 5.92 Å². The number of pyridine rings is 1. The smallest absolute Gasteiger partial charge is 0.244 e. The van der Waals surface area contributed by atoms with Gasteiger partial charge in [0, 0.05) is 18.3 Å². The van der Waals surface area contributed by atoms with E-state index in [0.717, 1.165) is 12.1 Å². The molecule has 1 amide bonds. The zero-order valence-corrected chi connectivity index (χ0v) is 17.7. The van der Waals surface area contributed by atoms with Gasteiger partial charge in [-0.1, -0.05) is 32.0 Å². The van der Waals surface area contributed by atoms with Crippen molar-refractivity contribution in [3.8, 4) is 5.88 Å². The summed E-state index contributed by atoms with van der Waals surface area (Å²) in [6.07, 6.45) is 1.50. The van der Waals surface area contributed by atoms with Crippen LogP contribution in [-0.4, -0.2) is 31.5 Å². The molecule has 0 saturated carbocycles. The largest absolute Gasteiger partial charge is 0.475 e. The third-order valence-corrected chi connectivity index (χ3v) is 5.48. The Morgan fingerprint density at radius 3 is 2.45 bits per heavy atom. The molecule has 0 unspecified atom stereocenters. The minimum atomic E-state index is -4.21. The Kier molecular flexibility index (Phi) is 7.69. The topological polar surface area (TPSA) is 97.4 Å². The Morgan fingerprint density at radius 1 is 1.14 bits per heavy atom. The maximum Gasteiger partial charge on any atom is 0.244 e. The Balaban J connectivity index is 2.14. The Labute approximate surface area is 170 Å². The van der Waals surface area contributed by atoms with Crippen LogP contribution in [-0.2, 0) is 21.4 Å². The molecule has 0 spiro atoms. The van der Waals surface area contributed by atoms with Crippen molar-refractivity contribution < 1.29 is 22.3 Å². The molecule has 0 bridgehead atoms. The second-order valence-corrected chi connectivity index (χ2v) is 8.81. The van der Waals surface area contributed by atoms with E-state index in [1.54, 1.807) is 32.2 Å². The van der Waals surface area contributed by atoms with Crippen LogP contribution in [0, 0.1) is 11.7 Å². The SMILES string of the molecule is CC(C)Oc1ncccc1CNC(=O)[C@@H](NS(=O)(=O)c1ccccc1F)C(C)C. The van der Waals surface area contributed by atoms with E-state index >= 15 is 0 Å². The van der Waals surface area contributed by atoms with Crippen LogP contribution in [0.15, 0.2) is 47.5 Å². The number of nitrogens with zero attached hydrogens (tertiary/aromatic N) is 1. The van der Waals surface area contributed by atoms with Crippen LogP contribution in [0.4, 0.5) is 4.39 Å². The summed E-state index contributed by atoms with van der Waals surface area (Å²) in [7, 11) is -4.21. The third kappa shape index (κ3) is 6.23. The molecule has 0 saturated heterocycles. The Hall–Kier alpha value is -2.52. The summed E-state index contributed by atoms with van der Waals surface area (Å²) in [6, 6.07) is 7.42. The number of carbonyl (C=O) groups is 1. The number of nitrogens with one attached hydrogen (secondary N) is 2. The first-order chi connectivity index (χ1) is 13.6. The maximum absolute atomic E-state index is 13.9. The molecule has 2 rings (SSSR count). The van der Waals surface area contributed by atoms with E-state index < -0.39 is 32.7 Å². The first-order valence-corrected chi connectivity index (χ1v) is 10.7. The predicted octanol–water partition coefficient (Wildman–Crippen LogP) is 2.63. The number of benzene rings is 1. The van der Waals surface area contributed by atoms with Crippen molar-refractivity contribution in [1.82, 2.24) is 15.0 Å². The van der Waals surface area contributed by atoms with Gasteiger partial charge in [-0.2, -0.15) is 4.72 Å². The molecule has 0 aliphatic heterocycles. The molecule has 7 nitrogen and oxygen atoms in total. The summed E-state index contributed by atoms with van der Waals surface area (Å²) in [5.74, 6) is -1.37. The number of amides is 1. The molecule has 1 aromatic carbocycles. The van der Waals surface area contributed by atoms with E-state index in [-0.39, 0.29) is 18.6 Å². The normalized spacial score (nSPS) is 12.8. The molecule has 1 heterocycles. The van der Waals surface area contributed by atoms with Crippen molar-refractivity contribution in [1.29, 1.82) is 0 Å². The third-order valence-electron chi connectivity index (χ3n) is 4.01. The molecule has 0 aliphatic carbocycles. The van der Waals surface area contributed by atoms with Gasteiger partial charge in [-0.25, -0.2) is 17.8 Å². The molecule has 29 heavy (non-hydrogen) atoms. The van der Waals surface area contributed by atoms with Gasteiger partial charge >= 0.3 is 0 Å². The van der Waals surface area contributed by atoms with E-state index in [0.29, 0.717) is 11.4 Å². The highest BCUT2D eigenvalue weighted by atomic mass is 32.2. The van der Waals surface area contributed by atoms with Crippen LogP contribution < -0.4 is 14.8 Å². The standard InChI is InChI=1S/C20H26FN3O4S/c1-13(2)18(24-29(26,27)17-10-6-5-9-16(17)21)19(25)23-12-15-8-7-11-22-20(15)28-14(3)4/h5-11,13-14,18,24H,12H2,1-4H3,(H,23,25)/t18-/m0/s1. The van der Waals surface area contributed by atoms with E-state index in [4.69, 9.17) is 4.74 Å². The second-order valence-electron chi connectivity index (χ2n) is 7.13. The van der Waals surface area contributed by atoms with Crippen LogP contribution in [0.3, 0.4) is 0 Å². The molecule has 1 atom stereocenters. The second kappa shape index (κ2) is 9.80. The summed E-state index contributed by atoms with van der Waals surface area (Å²) in [4.78, 5) is 16.3. The minimum Gasteiger partial charge on any atom is -0.475 e. The van der Waals surface area contributed by atoms with Gasteiger partial charge in [0.2, 0.25) is 21.8 Å².